The Hall–Kier alpha value is -0.580. The van der Waals surface area contributed by atoms with Gasteiger partial charge in [0.25, 0.3) is 0 Å². The van der Waals surface area contributed by atoms with Crippen molar-refractivity contribution in [1.82, 2.24) is 20.0 Å². The van der Waals surface area contributed by atoms with E-state index >= 15 is 0 Å². The van der Waals surface area contributed by atoms with Gasteiger partial charge in [0.2, 0.25) is 0 Å². The van der Waals surface area contributed by atoms with Crippen molar-refractivity contribution in [2.45, 2.75) is 6.54 Å². The zero-order valence-electron chi connectivity index (χ0n) is 8.92. The van der Waals surface area contributed by atoms with Crippen molar-refractivity contribution in [1.29, 1.82) is 0 Å². The second kappa shape index (κ2) is 5.34. The van der Waals surface area contributed by atoms with Crippen molar-refractivity contribution >= 4 is 11.6 Å². The summed E-state index contributed by atoms with van der Waals surface area (Å²) in [6, 6.07) is 0. The van der Waals surface area contributed by atoms with Gasteiger partial charge in [-0.2, -0.15) is 5.10 Å². The van der Waals surface area contributed by atoms with Crippen LogP contribution in [-0.2, 0) is 13.6 Å². The number of hydrogen-bond acceptors (Lipinski definition) is 3. The monoisotopic (exact) mass is 216 g/mol. The van der Waals surface area contributed by atoms with E-state index in [2.05, 4.69) is 22.4 Å². The maximum atomic E-state index is 6.00. The molecule has 1 aromatic rings. The van der Waals surface area contributed by atoms with Crippen molar-refractivity contribution in [2.24, 2.45) is 7.05 Å². The van der Waals surface area contributed by atoms with Gasteiger partial charge in [0.1, 0.15) is 0 Å². The Morgan fingerprint density at radius 2 is 2.36 bits per heavy atom. The van der Waals surface area contributed by atoms with Crippen LogP contribution in [0.3, 0.4) is 0 Å². The van der Waals surface area contributed by atoms with E-state index in [9.17, 15) is 0 Å². The van der Waals surface area contributed by atoms with Crippen LogP contribution < -0.4 is 5.32 Å². The first kappa shape index (κ1) is 11.5. The van der Waals surface area contributed by atoms with Gasteiger partial charge in [0, 0.05) is 26.7 Å². The van der Waals surface area contributed by atoms with Crippen LogP contribution in [0.15, 0.2) is 6.20 Å². The van der Waals surface area contributed by atoms with E-state index < -0.39 is 0 Å². The molecular weight excluding hydrogens is 200 g/mol. The second-order valence-corrected chi connectivity index (χ2v) is 3.81. The molecule has 0 spiro atoms. The molecule has 80 valence electrons. The van der Waals surface area contributed by atoms with Crippen LogP contribution in [0.5, 0.6) is 0 Å². The first-order chi connectivity index (χ1) is 6.65. The zero-order chi connectivity index (χ0) is 10.6. The minimum Gasteiger partial charge on any atom is -0.318 e. The van der Waals surface area contributed by atoms with E-state index in [4.69, 9.17) is 11.6 Å². The van der Waals surface area contributed by atoms with Crippen molar-refractivity contribution in [3.05, 3.63) is 16.9 Å². The Bertz CT molecular complexity index is 265. The highest BCUT2D eigenvalue weighted by Gasteiger charge is 2.08. The van der Waals surface area contributed by atoms with Gasteiger partial charge < -0.3 is 5.32 Å². The Morgan fingerprint density at radius 3 is 2.86 bits per heavy atom. The number of nitrogens with one attached hydrogen (secondary N) is 1. The fraction of sp³-hybridized carbons (Fsp3) is 0.667. The molecule has 0 aliphatic heterocycles. The molecule has 0 fully saturated rings. The summed E-state index contributed by atoms with van der Waals surface area (Å²) < 4.78 is 1.82. The predicted octanol–water partition coefficient (Wildman–Crippen LogP) is 0.725. The zero-order valence-corrected chi connectivity index (χ0v) is 9.67. The van der Waals surface area contributed by atoms with E-state index in [0.29, 0.717) is 0 Å². The van der Waals surface area contributed by atoms with Gasteiger partial charge in [-0.3, -0.25) is 9.58 Å². The maximum absolute atomic E-state index is 6.00. The van der Waals surface area contributed by atoms with Gasteiger partial charge in [0.15, 0.2) is 0 Å². The van der Waals surface area contributed by atoms with Crippen LogP contribution in [0.4, 0.5) is 0 Å². The van der Waals surface area contributed by atoms with E-state index in [-0.39, 0.29) is 0 Å². The van der Waals surface area contributed by atoms with Crippen LogP contribution in [-0.4, -0.2) is 41.9 Å². The minimum atomic E-state index is 0.740. The summed E-state index contributed by atoms with van der Waals surface area (Å²) in [4.78, 5) is 2.21. The molecule has 0 radical (unpaired) electrons. The summed E-state index contributed by atoms with van der Waals surface area (Å²) in [5, 5.41) is 7.94. The molecule has 0 aliphatic carbocycles. The van der Waals surface area contributed by atoms with Gasteiger partial charge in [-0.1, -0.05) is 11.6 Å². The first-order valence-electron chi connectivity index (χ1n) is 4.64. The van der Waals surface area contributed by atoms with Crippen molar-refractivity contribution in [3.63, 3.8) is 0 Å². The first-order valence-corrected chi connectivity index (χ1v) is 5.02. The lowest BCUT2D eigenvalue weighted by atomic mass is 10.4. The fourth-order valence-electron chi connectivity index (χ4n) is 1.25. The molecule has 14 heavy (non-hydrogen) atoms. The highest BCUT2D eigenvalue weighted by Crippen LogP contribution is 2.15. The third-order valence-electron chi connectivity index (χ3n) is 2.17. The number of hydrogen-bond donors (Lipinski definition) is 1. The maximum Gasteiger partial charge on any atom is 0.0831 e. The molecule has 0 saturated carbocycles. The third-order valence-corrected chi connectivity index (χ3v) is 2.49. The number of aromatic nitrogens is 2. The SMILES string of the molecule is CNCCN(C)Cc1c(Cl)cnn1C. The standard InChI is InChI=1S/C9H17ClN4/c1-11-4-5-13(2)7-9-8(10)6-12-14(9)3/h6,11H,4-5,7H2,1-3H3. The smallest absolute Gasteiger partial charge is 0.0831 e. The Morgan fingerprint density at radius 1 is 1.64 bits per heavy atom. The lowest BCUT2D eigenvalue weighted by Gasteiger charge is -2.16. The van der Waals surface area contributed by atoms with Crippen molar-refractivity contribution in [2.75, 3.05) is 27.2 Å². The molecule has 1 aromatic heterocycles. The molecule has 4 nitrogen and oxygen atoms in total. The second-order valence-electron chi connectivity index (χ2n) is 3.40. The van der Waals surface area contributed by atoms with Crippen LogP contribution in [0.1, 0.15) is 5.69 Å². The highest BCUT2D eigenvalue weighted by molar-refractivity contribution is 6.31. The number of likely N-dealkylation sites (N-methyl/N-ethyl adjacent to an activating group) is 2. The number of nitrogens with zero attached hydrogens (tertiary/aromatic N) is 3. The Labute approximate surface area is 89.8 Å². The highest BCUT2D eigenvalue weighted by atomic mass is 35.5. The van der Waals surface area contributed by atoms with E-state index in [1.807, 2.05) is 18.8 Å². The van der Waals surface area contributed by atoms with Crippen LogP contribution in [0.25, 0.3) is 0 Å². The average molecular weight is 217 g/mol. The largest absolute Gasteiger partial charge is 0.318 e. The summed E-state index contributed by atoms with van der Waals surface area (Å²) >= 11 is 6.00. The molecule has 0 atom stereocenters. The average Bonchev–Trinajstić information content (AvgIpc) is 2.46. The number of rotatable bonds is 5. The molecule has 1 rings (SSSR count). The third kappa shape index (κ3) is 2.97. The topological polar surface area (TPSA) is 33.1 Å². The molecule has 0 aromatic carbocycles. The normalized spacial score (nSPS) is 11.2. The van der Waals surface area contributed by atoms with Crippen molar-refractivity contribution < 1.29 is 0 Å². The molecular formula is C9H17ClN4. The summed E-state index contributed by atoms with van der Waals surface area (Å²) in [5.74, 6) is 0. The van der Waals surface area contributed by atoms with Gasteiger partial charge in [-0.05, 0) is 14.1 Å². The molecule has 0 aliphatic rings. The van der Waals surface area contributed by atoms with Crippen LogP contribution in [0.2, 0.25) is 5.02 Å². The Kier molecular flexibility index (Phi) is 4.38. The lowest BCUT2D eigenvalue weighted by Crippen LogP contribution is -2.27. The molecule has 0 bridgehead atoms. The summed E-state index contributed by atoms with van der Waals surface area (Å²) in [6.45, 7) is 2.81. The van der Waals surface area contributed by atoms with Gasteiger partial charge in [-0.25, -0.2) is 0 Å². The van der Waals surface area contributed by atoms with Gasteiger partial charge in [0.05, 0.1) is 16.9 Å². The van der Waals surface area contributed by atoms with E-state index in [0.717, 1.165) is 30.4 Å². The molecule has 0 saturated heterocycles. The van der Waals surface area contributed by atoms with Gasteiger partial charge >= 0.3 is 0 Å². The minimum absolute atomic E-state index is 0.740. The molecule has 1 N–H and O–H groups in total. The number of aryl methyl sites for hydroxylation is 1. The van der Waals surface area contributed by atoms with Gasteiger partial charge in [-0.15, -0.1) is 0 Å². The molecule has 0 unspecified atom stereocenters. The van der Waals surface area contributed by atoms with Crippen LogP contribution in [0, 0.1) is 0 Å². The quantitative estimate of drug-likeness (QED) is 0.788. The molecule has 0 amide bonds. The molecule has 1 heterocycles. The van der Waals surface area contributed by atoms with Crippen LogP contribution >= 0.6 is 11.6 Å². The summed E-state index contributed by atoms with van der Waals surface area (Å²) in [6.07, 6.45) is 1.68. The number of halogens is 1. The van der Waals surface area contributed by atoms with E-state index in [1.54, 1.807) is 6.20 Å². The van der Waals surface area contributed by atoms with E-state index in [1.165, 1.54) is 0 Å². The predicted molar refractivity (Wildman–Crippen MR) is 58.5 cm³/mol. The van der Waals surface area contributed by atoms with Crippen molar-refractivity contribution in [3.8, 4) is 0 Å². The lowest BCUT2D eigenvalue weighted by molar-refractivity contribution is 0.319. The Balaban J connectivity index is 2.51. The fourth-order valence-corrected chi connectivity index (χ4v) is 1.48. The molecule has 5 heteroatoms. The summed E-state index contributed by atoms with van der Waals surface area (Å²) in [7, 11) is 5.93. The summed E-state index contributed by atoms with van der Waals surface area (Å²) in [5.41, 5.74) is 1.06.